The molecule has 1 saturated heterocycles. The molecule has 2 aliphatic heterocycles. The minimum Gasteiger partial charge on any atom is -0.493 e. The molecule has 0 radical (unpaired) electrons. The molecule has 0 N–H and O–H groups in total. The third-order valence-electron chi connectivity index (χ3n) is 6.32. The lowest BCUT2D eigenvalue weighted by molar-refractivity contribution is -0.164. The SMILES string of the molecule is COc1ccc(CCN2C(=O)[C@H](Oc3ccccc3C)[C@H]2c2ccc3c(c2)OCO3)cc1OC. The Balaban J connectivity index is 1.39. The highest BCUT2D eigenvalue weighted by molar-refractivity contribution is 5.89. The molecule has 0 unspecified atom stereocenters. The summed E-state index contributed by atoms with van der Waals surface area (Å²) in [5.74, 6) is 3.42. The first kappa shape index (κ1) is 21.9. The molecule has 1 fully saturated rings. The van der Waals surface area contributed by atoms with Crippen molar-refractivity contribution in [2.75, 3.05) is 27.6 Å². The van der Waals surface area contributed by atoms with Gasteiger partial charge in [0.2, 0.25) is 12.9 Å². The second-order valence-corrected chi connectivity index (χ2v) is 8.33. The summed E-state index contributed by atoms with van der Waals surface area (Å²) in [5, 5.41) is 0. The molecule has 0 bridgehead atoms. The number of ether oxygens (including phenoxy) is 5. The van der Waals surface area contributed by atoms with E-state index in [-0.39, 0.29) is 18.7 Å². The van der Waals surface area contributed by atoms with Crippen LogP contribution < -0.4 is 23.7 Å². The predicted octanol–water partition coefficient (Wildman–Crippen LogP) is 4.31. The van der Waals surface area contributed by atoms with Gasteiger partial charge in [0.25, 0.3) is 5.91 Å². The van der Waals surface area contributed by atoms with Gasteiger partial charge < -0.3 is 28.6 Å². The van der Waals surface area contributed by atoms with Gasteiger partial charge in [-0.25, -0.2) is 0 Å². The van der Waals surface area contributed by atoms with E-state index in [9.17, 15) is 4.79 Å². The van der Waals surface area contributed by atoms with Crippen molar-refractivity contribution in [3.05, 3.63) is 77.4 Å². The first-order valence-corrected chi connectivity index (χ1v) is 11.2. The van der Waals surface area contributed by atoms with Crippen LogP contribution >= 0.6 is 0 Å². The van der Waals surface area contributed by atoms with Crippen LogP contribution in [0.4, 0.5) is 0 Å². The van der Waals surface area contributed by atoms with Crippen molar-refractivity contribution in [3.8, 4) is 28.7 Å². The van der Waals surface area contributed by atoms with Crippen LogP contribution in [0.3, 0.4) is 0 Å². The number of methoxy groups -OCH3 is 2. The van der Waals surface area contributed by atoms with Crippen LogP contribution in [0, 0.1) is 6.92 Å². The fourth-order valence-electron chi connectivity index (χ4n) is 4.44. The molecule has 2 atom stereocenters. The predicted molar refractivity (Wildman–Crippen MR) is 126 cm³/mol. The summed E-state index contributed by atoms with van der Waals surface area (Å²) in [4.78, 5) is 15.1. The molecule has 5 rings (SSSR count). The van der Waals surface area contributed by atoms with Crippen molar-refractivity contribution >= 4 is 5.91 Å². The van der Waals surface area contributed by atoms with Gasteiger partial charge in [-0.15, -0.1) is 0 Å². The Labute approximate surface area is 198 Å². The summed E-state index contributed by atoms with van der Waals surface area (Å²) >= 11 is 0. The van der Waals surface area contributed by atoms with Crippen molar-refractivity contribution in [2.24, 2.45) is 0 Å². The molecule has 0 aliphatic carbocycles. The number of fused-ring (bicyclic) bond motifs is 1. The molecule has 2 heterocycles. The number of rotatable bonds is 8. The highest BCUT2D eigenvalue weighted by Crippen LogP contribution is 2.42. The minimum atomic E-state index is -0.605. The fraction of sp³-hybridized carbons (Fsp3) is 0.296. The first-order valence-electron chi connectivity index (χ1n) is 11.2. The molecular weight excluding hydrogens is 434 g/mol. The molecule has 7 heteroatoms. The van der Waals surface area contributed by atoms with Crippen molar-refractivity contribution in [3.63, 3.8) is 0 Å². The number of hydrogen-bond acceptors (Lipinski definition) is 6. The third kappa shape index (κ3) is 3.98. The van der Waals surface area contributed by atoms with Crippen LogP contribution in [0.1, 0.15) is 22.7 Å². The van der Waals surface area contributed by atoms with Gasteiger partial charge in [-0.2, -0.15) is 0 Å². The largest absolute Gasteiger partial charge is 0.493 e. The van der Waals surface area contributed by atoms with E-state index in [0.717, 1.165) is 16.7 Å². The van der Waals surface area contributed by atoms with Gasteiger partial charge in [-0.3, -0.25) is 4.79 Å². The van der Waals surface area contributed by atoms with Crippen LogP contribution in [0.2, 0.25) is 0 Å². The molecule has 34 heavy (non-hydrogen) atoms. The molecule has 0 saturated carbocycles. The number of β-lactam (4-membered cyclic amide) rings is 1. The van der Waals surface area contributed by atoms with Crippen molar-refractivity contribution < 1.29 is 28.5 Å². The second kappa shape index (κ2) is 9.17. The lowest BCUT2D eigenvalue weighted by Gasteiger charge is -2.47. The van der Waals surface area contributed by atoms with Crippen molar-refractivity contribution in [1.29, 1.82) is 0 Å². The molecule has 0 aromatic heterocycles. The maximum Gasteiger partial charge on any atom is 0.266 e. The molecule has 2 aliphatic rings. The van der Waals surface area contributed by atoms with Crippen LogP contribution in [0.5, 0.6) is 28.7 Å². The van der Waals surface area contributed by atoms with Crippen molar-refractivity contribution in [1.82, 2.24) is 4.90 Å². The Hall–Kier alpha value is -3.87. The Kier molecular flexibility index (Phi) is 5.92. The summed E-state index contributed by atoms with van der Waals surface area (Å²) in [5.41, 5.74) is 3.00. The maximum atomic E-state index is 13.2. The zero-order chi connectivity index (χ0) is 23.7. The standard InChI is InChI=1S/C27H27NO6/c1-17-6-4-5-7-20(17)34-26-25(19-9-11-22-24(15-19)33-16-32-22)28(27(26)29)13-12-18-8-10-21(30-2)23(14-18)31-3/h4-11,14-15,25-26H,12-13,16H2,1-3H3/t25-,26-/m1/s1. The topological polar surface area (TPSA) is 66.5 Å². The van der Waals surface area contributed by atoms with E-state index in [2.05, 4.69) is 0 Å². The van der Waals surface area contributed by atoms with Gasteiger partial charge in [0.15, 0.2) is 23.0 Å². The average Bonchev–Trinajstić information content (AvgIpc) is 3.33. The van der Waals surface area contributed by atoms with E-state index in [1.54, 1.807) is 14.2 Å². The molecule has 3 aromatic rings. The van der Waals surface area contributed by atoms with Crippen LogP contribution in [-0.2, 0) is 11.2 Å². The molecule has 0 spiro atoms. The van der Waals surface area contributed by atoms with Gasteiger partial charge in [-0.05, 0) is 60.4 Å². The number of nitrogens with zero attached hydrogens (tertiary/aromatic N) is 1. The van der Waals surface area contributed by atoms with E-state index in [1.165, 1.54) is 0 Å². The highest BCUT2D eigenvalue weighted by Gasteiger charge is 2.50. The molecule has 176 valence electrons. The number of likely N-dealkylation sites (tertiary alicyclic amines) is 1. The summed E-state index contributed by atoms with van der Waals surface area (Å²) in [7, 11) is 3.23. The zero-order valence-corrected chi connectivity index (χ0v) is 19.4. The lowest BCUT2D eigenvalue weighted by Crippen LogP contribution is -2.61. The zero-order valence-electron chi connectivity index (χ0n) is 19.4. The fourth-order valence-corrected chi connectivity index (χ4v) is 4.44. The Morgan fingerprint density at radius 1 is 0.912 bits per heavy atom. The van der Waals surface area contributed by atoms with E-state index in [1.807, 2.05) is 72.5 Å². The van der Waals surface area contributed by atoms with Gasteiger partial charge in [-0.1, -0.05) is 30.3 Å². The Morgan fingerprint density at radius 3 is 2.50 bits per heavy atom. The Bertz CT molecular complexity index is 1210. The monoisotopic (exact) mass is 461 g/mol. The van der Waals surface area contributed by atoms with E-state index < -0.39 is 6.10 Å². The highest BCUT2D eigenvalue weighted by atomic mass is 16.7. The van der Waals surface area contributed by atoms with E-state index in [0.29, 0.717) is 41.7 Å². The van der Waals surface area contributed by atoms with Gasteiger partial charge in [0.05, 0.1) is 14.2 Å². The Morgan fingerprint density at radius 2 is 1.71 bits per heavy atom. The normalized spacial score (nSPS) is 18.4. The van der Waals surface area contributed by atoms with E-state index >= 15 is 0 Å². The van der Waals surface area contributed by atoms with Gasteiger partial charge >= 0.3 is 0 Å². The molecular formula is C27H27NO6. The quantitative estimate of drug-likeness (QED) is 0.466. The number of carbonyl (C=O) groups excluding carboxylic acids is 1. The van der Waals surface area contributed by atoms with Crippen LogP contribution in [0.25, 0.3) is 0 Å². The number of amides is 1. The van der Waals surface area contributed by atoms with Crippen LogP contribution in [-0.4, -0.2) is 44.5 Å². The van der Waals surface area contributed by atoms with E-state index in [4.69, 9.17) is 23.7 Å². The van der Waals surface area contributed by atoms with Gasteiger partial charge in [0.1, 0.15) is 11.8 Å². The number of para-hydroxylation sites is 1. The second-order valence-electron chi connectivity index (χ2n) is 8.33. The number of aryl methyl sites for hydroxylation is 1. The lowest BCUT2D eigenvalue weighted by atomic mass is 9.89. The molecule has 7 nitrogen and oxygen atoms in total. The smallest absolute Gasteiger partial charge is 0.266 e. The van der Waals surface area contributed by atoms with Gasteiger partial charge in [0, 0.05) is 6.54 Å². The molecule has 1 amide bonds. The maximum absolute atomic E-state index is 13.2. The average molecular weight is 462 g/mol. The minimum absolute atomic E-state index is 0.0357. The summed E-state index contributed by atoms with van der Waals surface area (Å²) < 4.78 is 28.0. The summed E-state index contributed by atoms with van der Waals surface area (Å²) in [6.45, 7) is 2.72. The molecule has 3 aromatic carbocycles. The number of carbonyl (C=O) groups is 1. The summed E-state index contributed by atoms with van der Waals surface area (Å²) in [6.07, 6.45) is 0.0661. The number of hydrogen-bond donors (Lipinski definition) is 0. The summed E-state index contributed by atoms with van der Waals surface area (Å²) in [6, 6.07) is 19.1. The van der Waals surface area contributed by atoms with Crippen molar-refractivity contribution in [2.45, 2.75) is 25.5 Å². The first-order chi connectivity index (χ1) is 16.6. The van der Waals surface area contributed by atoms with Crippen LogP contribution in [0.15, 0.2) is 60.7 Å². The number of benzene rings is 3. The third-order valence-corrected chi connectivity index (χ3v) is 6.32.